The summed E-state index contributed by atoms with van der Waals surface area (Å²) in [6.45, 7) is 6.91. The first-order chi connectivity index (χ1) is 13.8. The lowest BCUT2D eigenvalue weighted by atomic mass is 9.89. The van der Waals surface area contributed by atoms with Gasteiger partial charge in [-0.05, 0) is 63.4 Å². The smallest absolute Gasteiger partial charge is 0.317 e. The van der Waals surface area contributed by atoms with Crippen LogP contribution in [0, 0.1) is 12.7 Å². The first kappa shape index (κ1) is 20.8. The fourth-order valence-electron chi connectivity index (χ4n) is 3.64. The number of hydrogen-bond donors (Lipinski definition) is 2. The zero-order valence-electron chi connectivity index (χ0n) is 17.2. The number of halogens is 1. The number of carbonyl (C=O) groups excluding carboxylic acids is 2. The molecule has 1 aliphatic heterocycles. The summed E-state index contributed by atoms with van der Waals surface area (Å²) in [6, 6.07) is 12.2. The molecule has 2 N–H and O–H groups in total. The van der Waals surface area contributed by atoms with E-state index in [4.69, 9.17) is 0 Å². The number of carbonyl (C=O) groups is 2. The van der Waals surface area contributed by atoms with Crippen LogP contribution in [-0.2, 0) is 0 Å². The number of hydrogen-bond acceptors (Lipinski definition) is 2. The molecule has 6 heteroatoms. The summed E-state index contributed by atoms with van der Waals surface area (Å²) in [7, 11) is 0. The highest BCUT2D eigenvalue weighted by atomic mass is 19.1. The molecule has 29 heavy (non-hydrogen) atoms. The Morgan fingerprint density at radius 1 is 1.17 bits per heavy atom. The minimum atomic E-state index is -0.349. The second-order valence-corrected chi connectivity index (χ2v) is 7.88. The van der Waals surface area contributed by atoms with Gasteiger partial charge in [0.15, 0.2) is 0 Å². The van der Waals surface area contributed by atoms with Gasteiger partial charge in [-0.3, -0.25) is 4.79 Å². The van der Waals surface area contributed by atoms with Crippen molar-refractivity contribution in [3.63, 3.8) is 0 Å². The molecule has 0 saturated carbocycles. The molecule has 0 aliphatic carbocycles. The van der Waals surface area contributed by atoms with Crippen molar-refractivity contribution in [1.29, 1.82) is 0 Å². The van der Waals surface area contributed by atoms with Gasteiger partial charge in [-0.15, -0.1) is 0 Å². The van der Waals surface area contributed by atoms with E-state index in [9.17, 15) is 14.0 Å². The van der Waals surface area contributed by atoms with E-state index in [1.54, 1.807) is 25.1 Å². The molecule has 1 heterocycles. The van der Waals surface area contributed by atoms with Gasteiger partial charge in [0.05, 0.1) is 0 Å². The number of nitrogens with zero attached hydrogens (tertiary/aromatic N) is 1. The molecule has 1 fully saturated rings. The molecule has 3 rings (SSSR count). The Kier molecular flexibility index (Phi) is 6.52. The van der Waals surface area contributed by atoms with Crippen molar-refractivity contribution in [3.8, 4) is 0 Å². The van der Waals surface area contributed by atoms with Crippen LogP contribution in [0.2, 0.25) is 0 Å². The SMILES string of the molecule is Cc1c(F)cccc1NC(=O)c1cccc(C2CCCN(C(=O)NC(C)C)C2)c1. The van der Waals surface area contributed by atoms with Crippen LogP contribution in [-0.4, -0.2) is 36.0 Å². The molecule has 2 aromatic carbocycles. The summed E-state index contributed by atoms with van der Waals surface area (Å²) in [6.07, 6.45) is 1.90. The minimum absolute atomic E-state index is 0.0415. The number of amides is 3. The zero-order chi connectivity index (χ0) is 21.0. The fourth-order valence-corrected chi connectivity index (χ4v) is 3.64. The molecular formula is C23H28FN3O2. The van der Waals surface area contributed by atoms with Crippen LogP contribution in [0.4, 0.5) is 14.9 Å². The number of anilines is 1. The van der Waals surface area contributed by atoms with E-state index in [0.717, 1.165) is 24.9 Å². The van der Waals surface area contributed by atoms with E-state index < -0.39 is 0 Å². The Bertz CT molecular complexity index is 897. The zero-order valence-corrected chi connectivity index (χ0v) is 17.2. The molecule has 0 radical (unpaired) electrons. The minimum Gasteiger partial charge on any atom is -0.336 e. The van der Waals surface area contributed by atoms with Gasteiger partial charge in [0.25, 0.3) is 5.91 Å². The van der Waals surface area contributed by atoms with E-state index >= 15 is 0 Å². The predicted octanol–water partition coefficient (Wildman–Crippen LogP) is 4.68. The summed E-state index contributed by atoms with van der Waals surface area (Å²) in [4.78, 5) is 26.9. The molecule has 5 nitrogen and oxygen atoms in total. The molecule has 0 bridgehead atoms. The lowest BCUT2D eigenvalue weighted by Gasteiger charge is -2.33. The van der Waals surface area contributed by atoms with Gasteiger partial charge >= 0.3 is 6.03 Å². The van der Waals surface area contributed by atoms with Gasteiger partial charge in [0.2, 0.25) is 0 Å². The van der Waals surface area contributed by atoms with Gasteiger partial charge in [-0.25, -0.2) is 9.18 Å². The van der Waals surface area contributed by atoms with Crippen molar-refractivity contribution in [2.75, 3.05) is 18.4 Å². The Morgan fingerprint density at radius 2 is 1.93 bits per heavy atom. The Hall–Kier alpha value is -2.89. The first-order valence-electron chi connectivity index (χ1n) is 10.1. The van der Waals surface area contributed by atoms with Crippen LogP contribution in [0.15, 0.2) is 42.5 Å². The maximum atomic E-state index is 13.7. The number of piperidine rings is 1. The molecule has 1 atom stereocenters. The van der Waals surface area contributed by atoms with Gasteiger partial charge in [-0.1, -0.05) is 18.2 Å². The van der Waals surface area contributed by atoms with Crippen LogP contribution in [0.3, 0.4) is 0 Å². The fraction of sp³-hybridized carbons (Fsp3) is 0.391. The van der Waals surface area contributed by atoms with Crippen molar-refractivity contribution < 1.29 is 14.0 Å². The average molecular weight is 397 g/mol. The number of urea groups is 1. The van der Waals surface area contributed by atoms with Crippen LogP contribution in [0.1, 0.15) is 54.1 Å². The Labute approximate surface area is 171 Å². The third-order valence-electron chi connectivity index (χ3n) is 5.26. The average Bonchev–Trinajstić information content (AvgIpc) is 2.71. The quantitative estimate of drug-likeness (QED) is 0.787. The molecule has 2 aromatic rings. The summed E-state index contributed by atoms with van der Waals surface area (Å²) >= 11 is 0. The number of rotatable bonds is 4. The van der Waals surface area contributed by atoms with Crippen molar-refractivity contribution in [2.45, 2.75) is 45.6 Å². The third-order valence-corrected chi connectivity index (χ3v) is 5.26. The van der Waals surface area contributed by atoms with E-state index in [0.29, 0.717) is 23.4 Å². The molecule has 3 amide bonds. The number of nitrogens with one attached hydrogen (secondary N) is 2. The van der Waals surface area contributed by atoms with Gasteiger partial charge in [-0.2, -0.15) is 0 Å². The lowest BCUT2D eigenvalue weighted by Crippen LogP contribution is -2.47. The second kappa shape index (κ2) is 9.07. The second-order valence-electron chi connectivity index (χ2n) is 7.88. The number of benzene rings is 2. The molecule has 1 unspecified atom stereocenters. The molecule has 0 spiro atoms. The van der Waals surface area contributed by atoms with Crippen molar-refractivity contribution >= 4 is 17.6 Å². The van der Waals surface area contributed by atoms with E-state index in [1.165, 1.54) is 6.07 Å². The van der Waals surface area contributed by atoms with E-state index in [2.05, 4.69) is 10.6 Å². The molecule has 1 aliphatic rings. The first-order valence-corrected chi connectivity index (χ1v) is 10.1. The van der Waals surface area contributed by atoms with E-state index in [1.807, 2.05) is 36.9 Å². The lowest BCUT2D eigenvalue weighted by molar-refractivity contribution is 0.102. The molecule has 1 saturated heterocycles. The van der Waals surface area contributed by atoms with Crippen LogP contribution < -0.4 is 10.6 Å². The predicted molar refractivity (Wildman–Crippen MR) is 113 cm³/mol. The monoisotopic (exact) mass is 397 g/mol. The highest BCUT2D eigenvalue weighted by Gasteiger charge is 2.25. The summed E-state index contributed by atoms with van der Waals surface area (Å²) in [5.74, 6) is -0.436. The van der Waals surface area contributed by atoms with Crippen LogP contribution in [0.5, 0.6) is 0 Å². The van der Waals surface area contributed by atoms with Gasteiger partial charge in [0.1, 0.15) is 5.82 Å². The Morgan fingerprint density at radius 3 is 2.69 bits per heavy atom. The maximum absolute atomic E-state index is 13.7. The summed E-state index contributed by atoms with van der Waals surface area (Å²) in [5.41, 5.74) is 2.44. The van der Waals surface area contributed by atoms with Gasteiger partial charge < -0.3 is 15.5 Å². The van der Waals surface area contributed by atoms with E-state index in [-0.39, 0.29) is 29.7 Å². The van der Waals surface area contributed by atoms with Crippen molar-refractivity contribution in [2.24, 2.45) is 0 Å². The highest BCUT2D eigenvalue weighted by Crippen LogP contribution is 2.28. The largest absolute Gasteiger partial charge is 0.336 e. The highest BCUT2D eigenvalue weighted by molar-refractivity contribution is 6.04. The van der Waals surface area contributed by atoms with Crippen LogP contribution >= 0.6 is 0 Å². The third kappa shape index (κ3) is 5.13. The number of likely N-dealkylation sites (tertiary alicyclic amines) is 1. The summed E-state index contributed by atoms with van der Waals surface area (Å²) in [5, 5.41) is 5.74. The Balaban J connectivity index is 1.72. The van der Waals surface area contributed by atoms with Crippen molar-refractivity contribution in [1.82, 2.24) is 10.2 Å². The maximum Gasteiger partial charge on any atom is 0.317 e. The standard InChI is InChI=1S/C23H28FN3O2/c1-15(2)25-23(29)27-12-6-9-19(14-27)17-7-4-8-18(13-17)22(28)26-21-11-5-10-20(24)16(21)3/h4-5,7-8,10-11,13,15,19H,6,9,12,14H2,1-3H3,(H,25,29)(H,26,28). The molecule has 154 valence electrons. The summed E-state index contributed by atoms with van der Waals surface area (Å²) < 4.78 is 13.7. The van der Waals surface area contributed by atoms with Crippen LogP contribution in [0.25, 0.3) is 0 Å². The molecular weight excluding hydrogens is 369 g/mol. The van der Waals surface area contributed by atoms with Gasteiger partial charge in [0, 0.05) is 41.9 Å². The molecule has 0 aromatic heterocycles. The topological polar surface area (TPSA) is 61.4 Å². The normalized spacial score (nSPS) is 16.6. The van der Waals surface area contributed by atoms with Crippen molar-refractivity contribution in [3.05, 3.63) is 65.0 Å².